The summed E-state index contributed by atoms with van der Waals surface area (Å²) in [6.45, 7) is 2.94. The maximum absolute atomic E-state index is 5.61. The van der Waals surface area contributed by atoms with E-state index in [4.69, 9.17) is 39.5 Å². The van der Waals surface area contributed by atoms with E-state index in [1.807, 2.05) is 6.92 Å². The van der Waals surface area contributed by atoms with Crippen molar-refractivity contribution in [2.45, 2.75) is 17.1 Å². The lowest BCUT2D eigenvalue weighted by Gasteiger charge is -2.08. The highest BCUT2D eigenvalue weighted by Crippen LogP contribution is 2.13. The summed E-state index contributed by atoms with van der Waals surface area (Å²) in [5.74, 6) is 0. The van der Waals surface area contributed by atoms with Crippen molar-refractivity contribution in [2.24, 2.45) is 0 Å². The number of ether oxygens (including phenoxy) is 1. The van der Waals surface area contributed by atoms with Crippen LogP contribution < -0.4 is 0 Å². The van der Waals surface area contributed by atoms with Crippen LogP contribution in [0.4, 0.5) is 0 Å². The molecule has 0 aliphatic rings. The van der Waals surface area contributed by atoms with E-state index in [2.05, 4.69) is 0 Å². The zero-order valence-corrected chi connectivity index (χ0v) is 7.38. The molecule has 0 aromatic heterocycles. The summed E-state index contributed by atoms with van der Waals surface area (Å²) in [5.41, 5.74) is 0. The molecule has 0 aromatic rings. The monoisotopic (exact) mass is 190 g/mol. The van der Waals surface area contributed by atoms with E-state index in [1.54, 1.807) is 0 Å². The molecule has 0 heterocycles. The van der Waals surface area contributed by atoms with Gasteiger partial charge >= 0.3 is 0 Å². The van der Waals surface area contributed by atoms with Gasteiger partial charge in [-0.3, -0.25) is 0 Å². The Morgan fingerprint density at radius 3 is 2.22 bits per heavy atom. The zero-order valence-electron chi connectivity index (χ0n) is 5.11. The van der Waals surface area contributed by atoms with E-state index < -0.39 is 4.84 Å². The highest BCUT2D eigenvalue weighted by atomic mass is 35.5. The lowest BCUT2D eigenvalue weighted by molar-refractivity contribution is 0.149. The van der Waals surface area contributed by atoms with Gasteiger partial charge in [-0.1, -0.05) is 0 Å². The first-order chi connectivity index (χ1) is 4.18. The molecule has 0 fully saturated rings. The summed E-state index contributed by atoms with van der Waals surface area (Å²) in [4.78, 5) is -0.543. The minimum Gasteiger partial charge on any atom is -0.380 e. The first-order valence-electron chi connectivity index (χ1n) is 2.68. The van der Waals surface area contributed by atoms with Gasteiger partial charge in [0.05, 0.1) is 12.0 Å². The Bertz CT molecular complexity index is 67.2. The molecule has 0 rings (SSSR count). The molecule has 0 aromatic carbocycles. The number of hydrogen-bond donors (Lipinski definition) is 0. The smallest absolute Gasteiger partial charge is 0.126 e. The van der Waals surface area contributed by atoms with Crippen LogP contribution in [0, 0.1) is 0 Å². The molecule has 0 amide bonds. The van der Waals surface area contributed by atoms with Gasteiger partial charge in [0.2, 0.25) is 0 Å². The lowest BCUT2D eigenvalue weighted by Crippen LogP contribution is -2.15. The van der Waals surface area contributed by atoms with Crippen molar-refractivity contribution < 1.29 is 4.74 Å². The van der Waals surface area contributed by atoms with Crippen molar-refractivity contribution in [1.82, 2.24) is 0 Å². The van der Waals surface area contributed by atoms with Crippen LogP contribution in [0.1, 0.15) is 6.92 Å². The molecule has 0 spiro atoms. The molecule has 56 valence electrons. The first kappa shape index (κ1) is 9.83. The molecule has 4 heteroatoms. The number of alkyl halides is 3. The maximum atomic E-state index is 5.61. The van der Waals surface area contributed by atoms with E-state index in [0.29, 0.717) is 13.2 Å². The van der Waals surface area contributed by atoms with Crippen LogP contribution >= 0.6 is 34.8 Å². The van der Waals surface area contributed by atoms with Crippen molar-refractivity contribution in [2.75, 3.05) is 13.2 Å². The van der Waals surface area contributed by atoms with Gasteiger partial charge in [-0.2, -0.15) is 0 Å². The first-order valence-corrected chi connectivity index (χ1v) is 3.99. The summed E-state index contributed by atoms with van der Waals surface area (Å²) in [7, 11) is 0. The van der Waals surface area contributed by atoms with Gasteiger partial charge in [-0.15, -0.1) is 34.8 Å². The highest BCUT2D eigenvalue weighted by Gasteiger charge is 2.12. The molecule has 0 saturated heterocycles. The summed E-state index contributed by atoms with van der Waals surface area (Å²) >= 11 is 16.4. The third kappa shape index (κ3) is 5.28. The van der Waals surface area contributed by atoms with Gasteiger partial charge in [0.25, 0.3) is 0 Å². The van der Waals surface area contributed by atoms with Crippen LogP contribution in [0.2, 0.25) is 0 Å². The number of hydrogen-bond acceptors (Lipinski definition) is 1. The Kier molecular flexibility index (Phi) is 6.12. The maximum Gasteiger partial charge on any atom is 0.126 e. The standard InChI is InChI=1S/C5H9Cl3O/c1-2-9-3-4(6)5(7)8/h4-5H,2-3H2,1H3. The molecule has 0 radical (unpaired) electrons. The van der Waals surface area contributed by atoms with Crippen molar-refractivity contribution in [1.29, 1.82) is 0 Å². The average molecular weight is 191 g/mol. The van der Waals surface area contributed by atoms with E-state index in [9.17, 15) is 0 Å². The van der Waals surface area contributed by atoms with Gasteiger partial charge in [-0.25, -0.2) is 0 Å². The van der Waals surface area contributed by atoms with E-state index in [1.165, 1.54) is 0 Å². The number of rotatable bonds is 4. The van der Waals surface area contributed by atoms with Crippen LogP contribution in [-0.2, 0) is 4.74 Å². The van der Waals surface area contributed by atoms with Crippen molar-refractivity contribution in [3.63, 3.8) is 0 Å². The van der Waals surface area contributed by atoms with Crippen LogP contribution in [0.25, 0.3) is 0 Å². The Balaban J connectivity index is 3.16. The van der Waals surface area contributed by atoms with Gasteiger partial charge in [-0.05, 0) is 6.92 Å². The fourth-order valence-corrected chi connectivity index (χ4v) is 0.538. The molecule has 1 atom stereocenters. The Hall–Kier alpha value is 0.830. The fraction of sp³-hybridized carbons (Fsp3) is 1.00. The molecule has 9 heavy (non-hydrogen) atoms. The van der Waals surface area contributed by atoms with Gasteiger partial charge in [0.15, 0.2) is 0 Å². The Morgan fingerprint density at radius 1 is 1.33 bits per heavy atom. The van der Waals surface area contributed by atoms with Crippen molar-refractivity contribution in [3.05, 3.63) is 0 Å². The summed E-state index contributed by atoms with van der Waals surface area (Å²) < 4.78 is 4.96. The van der Waals surface area contributed by atoms with E-state index in [-0.39, 0.29) is 5.38 Å². The average Bonchev–Trinajstić information content (AvgIpc) is 1.82. The predicted octanol–water partition coefficient (Wildman–Crippen LogP) is 2.43. The highest BCUT2D eigenvalue weighted by molar-refractivity contribution is 6.48. The summed E-state index contributed by atoms with van der Waals surface area (Å²) in [6, 6.07) is 0. The van der Waals surface area contributed by atoms with E-state index in [0.717, 1.165) is 0 Å². The second kappa shape index (κ2) is 5.60. The molecule has 1 unspecified atom stereocenters. The second-order valence-electron chi connectivity index (χ2n) is 1.51. The second-order valence-corrected chi connectivity index (χ2v) is 3.23. The molecular formula is C5H9Cl3O. The fourth-order valence-electron chi connectivity index (χ4n) is 0.303. The molecule has 0 aliphatic carbocycles. The minimum absolute atomic E-state index is 0.298. The molecule has 0 bridgehead atoms. The predicted molar refractivity (Wildman–Crippen MR) is 41.6 cm³/mol. The SMILES string of the molecule is CCOCC(Cl)C(Cl)Cl. The molecule has 0 saturated carbocycles. The third-order valence-electron chi connectivity index (χ3n) is 0.755. The normalized spacial score (nSPS) is 14.3. The largest absolute Gasteiger partial charge is 0.380 e. The van der Waals surface area contributed by atoms with Gasteiger partial charge < -0.3 is 4.74 Å². The lowest BCUT2D eigenvalue weighted by atomic mass is 10.5. The Morgan fingerprint density at radius 2 is 1.89 bits per heavy atom. The molecular weight excluding hydrogens is 182 g/mol. The van der Waals surface area contributed by atoms with Crippen molar-refractivity contribution >= 4 is 34.8 Å². The van der Waals surface area contributed by atoms with Crippen LogP contribution in [0.5, 0.6) is 0 Å². The van der Waals surface area contributed by atoms with Crippen LogP contribution in [0.15, 0.2) is 0 Å². The quantitative estimate of drug-likeness (QED) is 0.620. The van der Waals surface area contributed by atoms with Gasteiger partial charge in [0.1, 0.15) is 4.84 Å². The van der Waals surface area contributed by atoms with Crippen molar-refractivity contribution in [3.8, 4) is 0 Å². The third-order valence-corrected chi connectivity index (χ3v) is 2.00. The molecule has 0 N–H and O–H groups in total. The van der Waals surface area contributed by atoms with Crippen LogP contribution in [0.3, 0.4) is 0 Å². The minimum atomic E-state index is -0.543. The topological polar surface area (TPSA) is 9.23 Å². The summed E-state index contributed by atoms with van der Waals surface area (Å²) in [6.07, 6.45) is 0. The Labute approximate surface area is 70.2 Å². The van der Waals surface area contributed by atoms with E-state index >= 15 is 0 Å². The summed E-state index contributed by atoms with van der Waals surface area (Å²) in [5, 5.41) is -0.298. The number of halogens is 3. The molecule has 0 aliphatic heterocycles. The van der Waals surface area contributed by atoms with Gasteiger partial charge in [0, 0.05) is 6.61 Å². The van der Waals surface area contributed by atoms with Crippen LogP contribution in [-0.4, -0.2) is 23.4 Å². The zero-order chi connectivity index (χ0) is 7.28. The molecule has 1 nitrogen and oxygen atoms in total.